The molecule has 4 radical (unpaired) electrons. The van der Waals surface area contributed by atoms with Gasteiger partial charge in [0.25, 0.3) is 11.4 Å². The maximum atomic E-state index is 10.3. The Morgan fingerprint density at radius 2 is 1.20 bits per heavy atom. The lowest BCUT2D eigenvalue weighted by Gasteiger charge is -1.93. The summed E-state index contributed by atoms with van der Waals surface area (Å²) in [6.07, 6.45) is 10.4. The van der Waals surface area contributed by atoms with E-state index >= 15 is 0 Å². The molecule has 0 amide bonds. The Hall–Kier alpha value is -3.41. The molecule has 0 atom stereocenters. The third-order valence-corrected chi connectivity index (χ3v) is 3.46. The maximum absolute atomic E-state index is 10.3. The van der Waals surface area contributed by atoms with Gasteiger partial charge in [0.15, 0.2) is 0 Å². The summed E-state index contributed by atoms with van der Waals surface area (Å²) in [7, 11) is 10.4. The molecule has 30 heavy (non-hydrogen) atoms. The Morgan fingerprint density at radius 1 is 0.767 bits per heavy atom. The van der Waals surface area contributed by atoms with Crippen molar-refractivity contribution in [1.29, 1.82) is 0 Å². The molecule has 0 aliphatic rings. The lowest BCUT2D eigenvalue weighted by Crippen LogP contribution is -1.86. The van der Waals surface area contributed by atoms with Gasteiger partial charge in [-0.15, -0.1) is 6.58 Å². The first-order valence-corrected chi connectivity index (χ1v) is 9.18. The van der Waals surface area contributed by atoms with E-state index < -0.39 is 9.85 Å². The second-order valence-electron chi connectivity index (χ2n) is 5.75. The number of hydrogen-bond acceptors (Lipinski definition) is 4. The lowest BCUT2D eigenvalue weighted by molar-refractivity contribution is -0.385. The van der Waals surface area contributed by atoms with Gasteiger partial charge in [0.05, 0.1) is 25.5 Å². The van der Waals surface area contributed by atoms with E-state index in [2.05, 4.69) is 13.2 Å². The van der Waals surface area contributed by atoms with Gasteiger partial charge in [0.2, 0.25) is 0 Å². The van der Waals surface area contributed by atoms with Crippen LogP contribution in [0.4, 0.5) is 11.4 Å². The summed E-state index contributed by atoms with van der Waals surface area (Å²) >= 11 is 0. The van der Waals surface area contributed by atoms with Gasteiger partial charge in [-0.1, -0.05) is 43.5 Å². The minimum absolute atomic E-state index is 0.107. The largest absolute Gasteiger partial charge is 0.269 e. The molecule has 0 aliphatic carbocycles. The predicted molar refractivity (Wildman–Crippen MR) is 126 cm³/mol. The first-order chi connectivity index (χ1) is 14.4. The number of allylic oxidation sites excluding steroid dienone is 2. The molecule has 0 saturated heterocycles. The molecule has 6 nitrogen and oxygen atoms in total. The monoisotopic (exact) mass is 402 g/mol. The third-order valence-electron chi connectivity index (χ3n) is 3.46. The van der Waals surface area contributed by atoms with E-state index in [4.69, 9.17) is 15.7 Å². The predicted octanol–water partition coefficient (Wildman–Crippen LogP) is 5.97. The molecule has 0 bridgehead atoms. The fourth-order valence-corrected chi connectivity index (χ4v) is 1.87. The molecule has 0 unspecified atom stereocenters. The van der Waals surface area contributed by atoms with Crippen LogP contribution in [0.2, 0.25) is 12.6 Å². The van der Waals surface area contributed by atoms with Crippen molar-refractivity contribution < 1.29 is 9.85 Å². The third kappa shape index (κ3) is 12.1. The Labute approximate surface area is 180 Å². The zero-order valence-electron chi connectivity index (χ0n) is 16.9. The van der Waals surface area contributed by atoms with E-state index in [1.54, 1.807) is 36.4 Å². The minimum atomic E-state index is -0.424. The second kappa shape index (κ2) is 16.5. The summed E-state index contributed by atoms with van der Waals surface area (Å²) in [5.41, 5.74) is 2.05. The van der Waals surface area contributed by atoms with Crippen molar-refractivity contribution in [1.82, 2.24) is 0 Å². The van der Waals surface area contributed by atoms with Crippen molar-refractivity contribution in [2.75, 3.05) is 0 Å². The molecule has 152 valence electrons. The summed E-state index contributed by atoms with van der Waals surface area (Å²) in [6.45, 7) is 7.01. The van der Waals surface area contributed by atoms with Crippen molar-refractivity contribution >= 4 is 39.2 Å². The molecule has 2 aromatic rings. The van der Waals surface area contributed by atoms with E-state index in [0.29, 0.717) is 6.32 Å². The number of hydrogen-bond donors (Lipinski definition) is 0. The Balaban J connectivity index is 0.000000468. The highest BCUT2D eigenvalue weighted by Crippen LogP contribution is 2.13. The Morgan fingerprint density at radius 3 is 1.50 bits per heavy atom. The lowest BCUT2D eigenvalue weighted by atomic mass is 10.0. The van der Waals surface area contributed by atoms with Crippen LogP contribution in [-0.2, 0) is 0 Å². The highest BCUT2D eigenvalue weighted by Gasteiger charge is 2.02. The number of non-ortho nitro benzene ring substituents is 2. The minimum Gasteiger partial charge on any atom is -0.258 e. The van der Waals surface area contributed by atoms with E-state index in [1.807, 2.05) is 12.2 Å². The topological polar surface area (TPSA) is 86.3 Å². The van der Waals surface area contributed by atoms with Crippen LogP contribution in [0.15, 0.2) is 73.8 Å². The van der Waals surface area contributed by atoms with Gasteiger partial charge in [-0.25, -0.2) is 0 Å². The average molecular weight is 402 g/mol. The summed E-state index contributed by atoms with van der Waals surface area (Å²) in [5, 5.41) is 20.5. The summed E-state index contributed by atoms with van der Waals surface area (Å²) in [6, 6.07) is 12.6. The van der Waals surface area contributed by atoms with Crippen LogP contribution in [0.25, 0.3) is 12.2 Å². The van der Waals surface area contributed by atoms with Gasteiger partial charge in [0, 0.05) is 24.3 Å². The number of rotatable bonds is 8. The summed E-state index contributed by atoms with van der Waals surface area (Å²) < 4.78 is 0. The average Bonchev–Trinajstić information content (AvgIpc) is 2.76. The van der Waals surface area contributed by atoms with Gasteiger partial charge in [-0.3, -0.25) is 20.2 Å². The normalized spacial score (nSPS) is 9.47. The highest BCUT2D eigenvalue weighted by molar-refractivity contribution is 6.08. The van der Waals surface area contributed by atoms with Crippen LogP contribution >= 0.6 is 0 Å². The zero-order valence-corrected chi connectivity index (χ0v) is 16.9. The van der Waals surface area contributed by atoms with Gasteiger partial charge >= 0.3 is 0 Å². The van der Waals surface area contributed by atoms with Crippen LogP contribution in [0, 0.1) is 20.2 Å². The zero-order chi connectivity index (χ0) is 22.8. The molecule has 0 spiro atoms. The van der Waals surface area contributed by atoms with Crippen LogP contribution in [0.1, 0.15) is 24.0 Å². The molecule has 0 aliphatic heterocycles. The Kier molecular flexibility index (Phi) is 14.7. The van der Waals surface area contributed by atoms with Crippen molar-refractivity contribution in [2.24, 2.45) is 0 Å². The highest BCUT2D eigenvalue weighted by atomic mass is 16.6. The molecule has 2 rings (SSSR count). The molecule has 8 heteroatoms. The van der Waals surface area contributed by atoms with Crippen molar-refractivity contribution in [3.8, 4) is 0 Å². The summed E-state index contributed by atoms with van der Waals surface area (Å²) in [4.78, 5) is 19.7. The molecule has 0 saturated carbocycles. The smallest absolute Gasteiger partial charge is 0.258 e. The number of benzene rings is 2. The van der Waals surface area contributed by atoms with E-state index in [0.717, 1.165) is 30.3 Å². The standard InChI is InChI=1S/C10H10BNO2.C8H7NO2.C4H7B/c11-8-2-1-3-9-4-6-10(7-5-9)12(13)14;1-2-7-3-5-8(6-4-7)9(10)11;1-2-3-4-5/h1,3-7H,2,8H2;2-6H,1H2;2H,1,3-4H2/b3-1+;;. The fourth-order valence-electron chi connectivity index (χ4n) is 1.87. The van der Waals surface area contributed by atoms with Gasteiger partial charge in [-0.05, 0) is 48.2 Å². The van der Waals surface area contributed by atoms with Gasteiger partial charge < -0.3 is 0 Å². The number of nitro groups is 2. The first kappa shape index (κ1) is 26.6. The van der Waals surface area contributed by atoms with E-state index in [-0.39, 0.29) is 11.4 Å². The molecule has 0 aromatic heterocycles. The van der Waals surface area contributed by atoms with Crippen LogP contribution in [-0.4, -0.2) is 25.5 Å². The van der Waals surface area contributed by atoms with Crippen LogP contribution in [0.3, 0.4) is 0 Å². The SMILES string of the molecule is C=Cc1ccc([N+](=O)[O-])cc1.[B]CC/C=C/c1ccc([N+](=O)[O-])cc1.[B]CCC=C. The van der Waals surface area contributed by atoms with Gasteiger partial charge in [0.1, 0.15) is 0 Å². The quantitative estimate of drug-likeness (QED) is 0.236. The van der Waals surface area contributed by atoms with E-state index in [1.165, 1.54) is 24.3 Å². The van der Waals surface area contributed by atoms with E-state index in [9.17, 15) is 20.2 Å². The molecule has 0 fully saturated rings. The molecular formula is C22H24B2N2O4. The first-order valence-electron chi connectivity index (χ1n) is 9.18. The van der Waals surface area contributed by atoms with Crippen molar-refractivity contribution in [2.45, 2.75) is 25.5 Å². The number of nitro benzene ring substituents is 2. The maximum Gasteiger partial charge on any atom is 0.269 e. The van der Waals surface area contributed by atoms with Crippen molar-refractivity contribution in [3.63, 3.8) is 0 Å². The summed E-state index contributed by atoms with van der Waals surface area (Å²) in [5.74, 6) is 0. The van der Waals surface area contributed by atoms with Crippen molar-refractivity contribution in [3.05, 3.63) is 105 Å². The second-order valence-corrected chi connectivity index (χ2v) is 5.75. The fraction of sp³-hybridized carbons (Fsp3) is 0.182. The molecule has 2 aromatic carbocycles. The van der Waals surface area contributed by atoms with Crippen LogP contribution in [0.5, 0.6) is 0 Å². The van der Waals surface area contributed by atoms with Gasteiger partial charge in [-0.2, -0.15) is 0 Å². The molecular weight excluding hydrogens is 378 g/mol. The molecule has 0 N–H and O–H groups in total. The Bertz CT molecular complexity index is 820. The van der Waals surface area contributed by atoms with Crippen LogP contribution < -0.4 is 0 Å². The molecule has 0 heterocycles. The number of nitrogens with zero attached hydrogens (tertiary/aromatic N) is 2.